The van der Waals surface area contributed by atoms with E-state index in [2.05, 4.69) is 4.90 Å². The summed E-state index contributed by atoms with van der Waals surface area (Å²) in [6, 6.07) is 21.2. The molecule has 2 heterocycles. The Hall–Kier alpha value is -3.59. The average Bonchev–Trinajstić information content (AvgIpc) is 3.52. The lowest BCUT2D eigenvalue weighted by Gasteiger charge is -2.24. The van der Waals surface area contributed by atoms with E-state index in [1.807, 2.05) is 80.6 Å². The number of hydrogen-bond acceptors (Lipinski definition) is 7. The standard InChI is InChI=1S/C28H33N3O5/c1-4-34-20-23(32)17-30(18-24-13-10-16-35-24)19-25-21(2)29-31(22-11-6-5-7-12-22)28(25)36-27-15-9-8-14-26(27)33-3/h5-16,23,32H,4,17-20H2,1-3H3. The number of nitrogens with zero attached hydrogens (tertiary/aromatic N) is 3. The van der Waals surface area contributed by atoms with Crippen molar-refractivity contribution in [2.45, 2.75) is 33.0 Å². The van der Waals surface area contributed by atoms with Gasteiger partial charge in [-0.05, 0) is 50.2 Å². The average molecular weight is 492 g/mol. The molecule has 0 fully saturated rings. The minimum absolute atomic E-state index is 0.262. The highest BCUT2D eigenvalue weighted by atomic mass is 16.5. The summed E-state index contributed by atoms with van der Waals surface area (Å²) in [6.07, 6.45) is 1.00. The van der Waals surface area contributed by atoms with Gasteiger partial charge in [-0.2, -0.15) is 5.10 Å². The zero-order valence-electron chi connectivity index (χ0n) is 21.0. The third-order valence-corrected chi connectivity index (χ3v) is 5.74. The lowest BCUT2D eigenvalue weighted by Crippen LogP contribution is -2.34. The Morgan fingerprint density at radius 2 is 1.75 bits per heavy atom. The number of aliphatic hydroxyl groups is 1. The van der Waals surface area contributed by atoms with E-state index in [0.29, 0.717) is 43.6 Å². The van der Waals surface area contributed by atoms with Gasteiger partial charge in [-0.15, -0.1) is 0 Å². The van der Waals surface area contributed by atoms with Crippen LogP contribution in [0.1, 0.15) is 23.9 Å². The Bertz CT molecular complexity index is 1210. The van der Waals surface area contributed by atoms with Crippen LogP contribution in [0, 0.1) is 6.92 Å². The monoisotopic (exact) mass is 491 g/mol. The summed E-state index contributed by atoms with van der Waals surface area (Å²) in [4.78, 5) is 2.11. The SMILES string of the molecule is CCOCC(O)CN(Cc1ccco1)Cc1c(C)nn(-c2ccccc2)c1Oc1ccccc1OC. The Morgan fingerprint density at radius 3 is 2.44 bits per heavy atom. The molecule has 8 nitrogen and oxygen atoms in total. The molecule has 0 amide bonds. The lowest BCUT2D eigenvalue weighted by molar-refractivity contribution is 0.0166. The number of benzene rings is 2. The van der Waals surface area contributed by atoms with Gasteiger partial charge in [0.2, 0.25) is 5.88 Å². The van der Waals surface area contributed by atoms with Gasteiger partial charge in [0.1, 0.15) is 5.76 Å². The van der Waals surface area contributed by atoms with Crippen molar-refractivity contribution in [3.63, 3.8) is 0 Å². The van der Waals surface area contributed by atoms with Gasteiger partial charge in [-0.25, -0.2) is 4.68 Å². The number of aryl methyl sites for hydroxylation is 1. The molecular weight excluding hydrogens is 458 g/mol. The number of hydrogen-bond donors (Lipinski definition) is 1. The van der Waals surface area contributed by atoms with Gasteiger partial charge in [-0.1, -0.05) is 30.3 Å². The largest absolute Gasteiger partial charge is 0.493 e. The van der Waals surface area contributed by atoms with Crippen LogP contribution in [-0.4, -0.2) is 52.8 Å². The van der Waals surface area contributed by atoms with Crippen molar-refractivity contribution in [3.05, 3.63) is 90.0 Å². The molecule has 4 aromatic rings. The quantitative estimate of drug-likeness (QED) is 0.283. The van der Waals surface area contributed by atoms with Crippen molar-refractivity contribution in [3.8, 4) is 23.1 Å². The summed E-state index contributed by atoms with van der Waals surface area (Å²) in [5.41, 5.74) is 2.61. The first kappa shape index (κ1) is 25.5. The van der Waals surface area contributed by atoms with Gasteiger partial charge in [0, 0.05) is 19.7 Å². The first-order valence-corrected chi connectivity index (χ1v) is 12.0. The van der Waals surface area contributed by atoms with E-state index in [0.717, 1.165) is 22.7 Å². The molecule has 0 aliphatic carbocycles. The van der Waals surface area contributed by atoms with Gasteiger partial charge in [0.05, 0.1) is 49.6 Å². The summed E-state index contributed by atoms with van der Waals surface area (Å²) in [7, 11) is 1.62. The minimum Gasteiger partial charge on any atom is -0.493 e. The summed E-state index contributed by atoms with van der Waals surface area (Å²) >= 11 is 0. The molecule has 1 atom stereocenters. The van der Waals surface area contributed by atoms with E-state index in [1.54, 1.807) is 18.1 Å². The molecule has 4 rings (SSSR count). The molecule has 2 aromatic carbocycles. The van der Waals surface area contributed by atoms with E-state index >= 15 is 0 Å². The maximum atomic E-state index is 10.6. The molecular formula is C28H33N3O5. The summed E-state index contributed by atoms with van der Waals surface area (Å²) in [5.74, 6) is 2.61. The van der Waals surface area contributed by atoms with Gasteiger partial charge in [0.25, 0.3) is 0 Å². The summed E-state index contributed by atoms with van der Waals surface area (Å²) in [5, 5.41) is 15.4. The summed E-state index contributed by atoms with van der Waals surface area (Å²) in [6.45, 7) is 6.08. The number of aliphatic hydroxyl groups excluding tert-OH is 1. The molecule has 0 radical (unpaired) electrons. The molecule has 0 saturated carbocycles. The Balaban J connectivity index is 1.71. The molecule has 2 aromatic heterocycles. The third-order valence-electron chi connectivity index (χ3n) is 5.74. The smallest absolute Gasteiger partial charge is 0.227 e. The van der Waals surface area contributed by atoms with Crippen LogP contribution in [0.5, 0.6) is 17.4 Å². The Labute approximate surface area is 211 Å². The van der Waals surface area contributed by atoms with Crippen LogP contribution < -0.4 is 9.47 Å². The molecule has 0 saturated heterocycles. The first-order chi connectivity index (χ1) is 17.6. The fourth-order valence-electron chi connectivity index (χ4n) is 4.01. The zero-order chi connectivity index (χ0) is 25.3. The summed E-state index contributed by atoms with van der Waals surface area (Å²) < 4.78 is 24.9. The second-order valence-corrected chi connectivity index (χ2v) is 8.43. The van der Waals surface area contributed by atoms with Crippen molar-refractivity contribution >= 4 is 0 Å². The number of rotatable bonds is 13. The van der Waals surface area contributed by atoms with Crippen LogP contribution in [-0.2, 0) is 17.8 Å². The zero-order valence-corrected chi connectivity index (χ0v) is 21.0. The molecule has 0 bridgehead atoms. The van der Waals surface area contributed by atoms with Crippen molar-refractivity contribution in [2.75, 3.05) is 26.9 Å². The van der Waals surface area contributed by atoms with Crippen molar-refractivity contribution in [2.24, 2.45) is 0 Å². The predicted octanol–water partition coefficient (Wildman–Crippen LogP) is 4.97. The van der Waals surface area contributed by atoms with Crippen LogP contribution in [0.3, 0.4) is 0 Å². The highest BCUT2D eigenvalue weighted by Gasteiger charge is 2.24. The highest BCUT2D eigenvalue weighted by Crippen LogP contribution is 2.36. The molecule has 1 unspecified atom stereocenters. The van der Waals surface area contributed by atoms with Crippen LogP contribution in [0.4, 0.5) is 0 Å². The van der Waals surface area contributed by atoms with Gasteiger partial charge in [0.15, 0.2) is 11.5 Å². The van der Waals surface area contributed by atoms with Gasteiger partial charge in [-0.3, -0.25) is 4.90 Å². The Morgan fingerprint density at radius 1 is 1.00 bits per heavy atom. The van der Waals surface area contributed by atoms with Crippen LogP contribution in [0.15, 0.2) is 77.4 Å². The van der Waals surface area contributed by atoms with Gasteiger partial charge >= 0.3 is 0 Å². The lowest BCUT2D eigenvalue weighted by atomic mass is 10.2. The predicted molar refractivity (Wildman–Crippen MR) is 137 cm³/mol. The Kier molecular flexibility index (Phi) is 8.78. The second kappa shape index (κ2) is 12.4. The van der Waals surface area contributed by atoms with Crippen molar-refractivity contribution in [1.29, 1.82) is 0 Å². The van der Waals surface area contributed by atoms with E-state index < -0.39 is 6.10 Å². The van der Waals surface area contributed by atoms with Crippen LogP contribution in [0.2, 0.25) is 0 Å². The van der Waals surface area contributed by atoms with E-state index in [1.165, 1.54) is 0 Å². The highest BCUT2D eigenvalue weighted by molar-refractivity contribution is 5.47. The number of aromatic nitrogens is 2. The molecule has 0 aliphatic rings. The number of methoxy groups -OCH3 is 1. The van der Waals surface area contributed by atoms with Crippen LogP contribution in [0.25, 0.3) is 5.69 Å². The van der Waals surface area contributed by atoms with Crippen LogP contribution >= 0.6 is 0 Å². The fraction of sp³-hybridized carbons (Fsp3) is 0.321. The minimum atomic E-state index is -0.650. The molecule has 0 spiro atoms. The molecule has 0 aliphatic heterocycles. The van der Waals surface area contributed by atoms with Crippen molar-refractivity contribution < 1.29 is 23.7 Å². The number of furan rings is 1. The topological polar surface area (TPSA) is 82.1 Å². The third kappa shape index (κ3) is 6.34. The van der Waals surface area contributed by atoms with E-state index in [9.17, 15) is 5.11 Å². The first-order valence-electron chi connectivity index (χ1n) is 12.0. The molecule has 36 heavy (non-hydrogen) atoms. The second-order valence-electron chi connectivity index (χ2n) is 8.43. The maximum Gasteiger partial charge on any atom is 0.227 e. The molecule has 8 heteroatoms. The number of ether oxygens (including phenoxy) is 3. The normalized spacial score (nSPS) is 12.1. The van der Waals surface area contributed by atoms with E-state index in [4.69, 9.17) is 23.7 Å². The molecule has 190 valence electrons. The maximum absolute atomic E-state index is 10.6. The van der Waals surface area contributed by atoms with Gasteiger partial charge < -0.3 is 23.7 Å². The number of para-hydroxylation sites is 3. The molecule has 1 N–H and O–H groups in total. The fourth-order valence-corrected chi connectivity index (χ4v) is 4.01. The van der Waals surface area contributed by atoms with Crippen molar-refractivity contribution in [1.82, 2.24) is 14.7 Å². The van der Waals surface area contributed by atoms with E-state index in [-0.39, 0.29) is 6.61 Å².